The summed E-state index contributed by atoms with van der Waals surface area (Å²) >= 11 is 25.7. The molecule has 1 atom stereocenters. The number of thiophene rings is 1. The second kappa shape index (κ2) is 9.58. The van der Waals surface area contributed by atoms with Crippen LogP contribution in [0.1, 0.15) is 6.42 Å². The zero-order valence-electron chi connectivity index (χ0n) is 16.7. The number of rotatable bonds is 6. The SMILES string of the molecule is CN1CCC(Oc2cc(NS(=O)(=O)c3cc(-c4cc(Cl)cc(Cl)c4)c(Cl)s3)ccc2Cl)C1. The van der Waals surface area contributed by atoms with Crippen molar-refractivity contribution in [2.24, 2.45) is 0 Å². The average molecular weight is 552 g/mol. The smallest absolute Gasteiger partial charge is 0.271 e. The summed E-state index contributed by atoms with van der Waals surface area (Å²) in [4.78, 5) is 2.16. The summed E-state index contributed by atoms with van der Waals surface area (Å²) in [5.41, 5.74) is 1.51. The predicted octanol–water partition coefficient (Wildman–Crippen LogP) is 6.91. The normalized spacial score (nSPS) is 17.0. The maximum absolute atomic E-state index is 13.0. The summed E-state index contributed by atoms with van der Waals surface area (Å²) < 4.78 is 35.0. The maximum Gasteiger partial charge on any atom is 0.271 e. The van der Waals surface area contributed by atoms with E-state index in [0.29, 0.717) is 42.0 Å². The van der Waals surface area contributed by atoms with Crippen molar-refractivity contribution in [3.8, 4) is 16.9 Å². The molecule has 1 saturated heterocycles. The molecule has 0 bridgehead atoms. The Morgan fingerprint density at radius 2 is 1.78 bits per heavy atom. The summed E-state index contributed by atoms with van der Waals surface area (Å²) in [7, 11) is -1.88. The van der Waals surface area contributed by atoms with Gasteiger partial charge in [0.2, 0.25) is 0 Å². The van der Waals surface area contributed by atoms with E-state index in [1.165, 1.54) is 6.07 Å². The van der Waals surface area contributed by atoms with Gasteiger partial charge in [-0.25, -0.2) is 8.42 Å². The Hall–Kier alpha value is -1.19. The lowest BCUT2D eigenvalue weighted by molar-refractivity contribution is 0.208. The van der Waals surface area contributed by atoms with E-state index in [0.717, 1.165) is 30.8 Å². The third kappa shape index (κ3) is 5.47. The lowest BCUT2D eigenvalue weighted by Gasteiger charge is -2.16. The molecule has 2 heterocycles. The van der Waals surface area contributed by atoms with Gasteiger partial charge >= 0.3 is 0 Å². The molecule has 170 valence electrons. The molecule has 0 spiro atoms. The highest BCUT2D eigenvalue weighted by molar-refractivity contribution is 7.94. The molecular formula is C21H18Cl4N2O3S2. The highest BCUT2D eigenvalue weighted by Crippen LogP contribution is 2.40. The van der Waals surface area contributed by atoms with Gasteiger partial charge in [-0.05, 0) is 55.4 Å². The van der Waals surface area contributed by atoms with E-state index in [1.807, 2.05) is 7.05 Å². The summed E-state index contributed by atoms with van der Waals surface area (Å²) in [6.07, 6.45) is 0.889. The van der Waals surface area contributed by atoms with Crippen LogP contribution < -0.4 is 9.46 Å². The minimum atomic E-state index is -3.90. The summed E-state index contributed by atoms with van der Waals surface area (Å²) in [6.45, 7) is 1.73. The maximum atomic E-state index is 13.0. The number of anilines is 1. The Morgan fingerprint density at radius 3 is 2.44 bits per heavy atom. The Morgan fingerprint density at radius 1 is 1.06 bits per heavy atom. The van der Waals surface area contributed by atoms with Gasteiger partial charge in [0.05, 0.1) is 10.7 Å². The number of nitrogens with zero attached hydrogens (tertiary/aromatic N) is 1. The van der Waals surface area contributed by atoms with Gasteiger partial charge in [0.1, 0.15) is 20.4 Å². The van der Waals surface area contributed by atoms with Gasteiger partial charge in [-0.15, -0.1) is 11.3 Å². The summed E-state index contributed by atoms with van der Waals surface area (Å²) in [5.74, 6) is 0.436. The van der Waals surface area contributed by atoms with E-state index in [-0.39, 0.29) is 10.3 Å². The van der Waals surface area contributed by atoms with Crippen LogP contribution in [0.2, 0.25) is 19.4 Å². The molecule has 1 aromatic heterocycles. The van der Waals surface area contributed by atoms with Crippen molar-refractivity contribution < 1.29 is 13.2 Å². The summed E-state index contributed by atoms with van der Waals surface area (Å²) in [5, 5.41) is 1.28. The van der Waals surface area contributed by atoms with Gasteiger partial charge in [0.15, 0.2) is 0 Å². The Labute approximate surface area is 210 Å². The number of halogens is 4. The third-order valence-corrected chi connectivity index (χ3v) is 8.89. The molecular weight excluding hydrogens is 534 g/mol. The van der Waals surface area contributed by atoms with Gasteiger partial charge in [-0.1, -0.05) is 46.4 Å². The van der Waals surface area contributed by atoms with Crippen LogP contribution in [0.25, 0.3) is 11.1 Å². The number of hydrogen-bond acceptors (Lipinski definition) is 5. The van der Waals surface area contributed by atoms with Crippen LogP contribution >= 0.6 is 57.7 Å². The van der Waals surface area contributed by atoms with Crippen molar-refractivity contribution in [3.05, 3.63) is 61.9 Å². The molecule has 1 aliphatic heterocycles. The van der Waals surface area contributed by atoms with Gasteiger partial charge in [-0.3, -0.25) is 4.72 Å². The van der Waals surface area contributed by atoms with Crippen molar-refractivity contribution in [2.45, 2.75) is 16.7 Å². The van der Waals surface area contributed by atoms with Crippen molar-refractivity contribution >= 4 is 73.5 Å². The first kappa shape index (κ1) is 24.0. The van der Waals surface area contributed by atoms with Crippen LogP contribution in [0.5, 0.6) is 5.75 Å². The number of benzene rings is 2. The van der Waals surface area contributed by atoms with Crippen molar-refractivity contribution in [2.75, 3.05) is 24.9 Å². The predicted molar refractivity (Wildman–Crippen MR) is 134 cm³/mol. The molecule has 4 rings (SSSR count). The highest BCUT2D eigenvalue weighted by Gasteiger charge is 2.24. The lowest BCUT2D eigenvalue weighted by Crippen LogP contribution is -2.21. The molecule has 0 amide bonds. The molecule has 2 aromatic carbocycles. The van der Waals surface area contributed by atoms with Crippen LogP contribution in [0.4, 0.5) is 5.69 Å². The first-order valence-corrected chi connectivity index (χ1v) is 13.4. The molecule has 0 radical (unpaired) electrons. The Bertz CT molecular complexity index is 1240. The summed E-state index contributed by atoms with van der Waals surface area (Å²) in [6, 6.07) is 11.2. The molecule has 1 fully saturated rings. The highest BCUT2D eigenvalue weighted by atomic mass is 35.5. The molecule has 32 heavy (non-hydrogen) atoms. The molecule has 0 saturated carbocycles. The molecule has 3 aromatic rings. The van der Waals surface area contributed by atoms with Crippen LogP contribution in [-0.2, 0) is 10.0 Å². The lowest BCUT2D eigenvalue weighted by atomic mass is 10.1. The van der Waals surface area contributed by atoms with Crippen LogP contribution in [0, 0.1) is 0 Å². The standard InChI is InChI=1S/C21H18Cl4N2O3S2/c1-27-5-4-16(11-27)30-19-9-15(2-3-18(19)24)26-32(28,29)20-10-17(21(25)31-20)12-6-13(22)8-14(23)7-12/h2-3,6-10,16,26H,4-5,11H2,1H3. The van der Waals surface area contributed by atoms with Crippen molar-refractivity contribution in [1.29, 1.82) is 0 Å². The fourth-order valence-electron chi connectivity index (χ4n) is 3.42. The number of ether oxygens (including phenoxy) is 1. The fraction of sp³-hybridized carbons (Fsp3) is 0.238. The first-order chi connectivity index (χ1) is 15.1. The van der Waals surface area contributed by atoms with Gasteiger partial charge in [0.25, 0.3) is 10.0 Å². The van der Waals surface area contributed by atoms with E-state index in [9.17, 15) is 8.42 Å². The Kier molecular flexibility index (Phi) is 7.17. The average Bonchev–Trinajstić information content (AvgIpc) is 3.29. The second-order valence-electron chi connectivity index (χ2n) is 7.45. The van der Waals surface area contributed by atoms with E-state index >= 15 is 0 Å². The molecule has 1 N–H and O–H groups in total. The molecule has 1 unspecified atom stereocenters. The van der Waals surface area contributed by atoms with E-state index in [4.69, 9.17) is 51.1 Å². The van der Waals surface area contributed by atoms with Crippen LogP contribution in [0.3, 0.4) is 0 Å². The minimum Gasteiger partial charge on any atom is -0.487 e. The van der Waals surface area contributed by atoms with Crippen molar-refractivity contribution in [3.63, 3.8) is 0 Å². The van der Waals surface area contributed by atoms with Crippen molar-refractivity contribution in [1.82, 2.24) is 4.90 Å². The largest absolute Gasteiger partial charge is 0.487 e. The zero-order chi connectivity index (χ0) is 23.0. The Balaban J connectivity index is 1.58. The second-order valence-corrected chi connectivity index (χ2v) is 12.3. The van der Waals surface area contributed by atoms with Crippen LogP contribution in [0.15, 0.2) is 46.7 Å². The topological polar surface area (TPSA) is 58.6 Å². The number of hydrogen-bond donors (Lipinski definition) is 1. The minimum absolute atomic E-state index is 0.00698. The number of sulfonamides is 1. The van der Waals surface area contributed by atoms with E-state index in [1.54, 1.807) is 36.4 Å². The third-order valence-electron chi connectivity index (χ3n) is 4.93. The molecule has 5 nitrogen and oxygen atoms in total. The fourth-order valence-corrected chi connectivity index (χ4v) is 6.92. The van der Waals surface area contributed by atoms with Gasteiger partial charge in [0, 0.05) is 34.8 Å². The number of nitrogens with one attached hydrogen (secondary N) is 1. The number of likely N-dealkylation sites (N-methyl/N-ethyl adjacent to an activating group) is 1. The van der Waals surface area contributed by atoms with E-state index in [2.05, 4.69) is 9.62 Å². The molecule has 1 aliphatic rings. The monoisotopic (exact) mass is 550 g/mol. The quantitative estimate of drug-likeness (QED) is 0.361. The molecule has 11 heteroatoms. The van der Waals surface area contributed by atoms with E-state index < -0.39 is 10.0 Å². The number of likely N-dealkylation sites (tertiary alicyclic amines) is 1. The zero-order valence-corrected chi connectivity index (χ0v) is 21.4. The first-order valence-electron chi connectivity index (χ1n) is 9.54. The van der Waals surface area contributed by atoms with Gasteiger partial charge < -0.3 is 9.64 Å². The molecule has 0 aliphatic carbocycles. The van der Waals surface area contributed by atoms with Crippen LogP contribution in [-0.4, -0.2) is 39.6 Å². The van der Waals surface area contributed by atoms with Gasteiger partial charge in [-0.2, -0.15) is 0 Å².